The highest BCUT2D eigenvalue weighted by molar-refractivity contribution is 5.74. The molecule has 3 aromatic rings. The summed E-state index contributed by atoms with van der Waals surface area (Å²) in [4.78, 5) is 14.1. The Morgan fingerprint density at radius 3 is 2.33 bits per heavy atom. The van der Waals surface area contributed by atoms with Crippen molar-refractivity contribution in [3.63, 3.8) is 0 Å². The topological polar surface area (TPSA) is 71.2 Å². The van der Waals surface area contributed by atoms with Crippen molar-refractivity contribution in [2.24, 2.45) is 18.9 Å². The minimum absolute atomic E-state index is 0.117. The zero-order chi connectivity index (χ0) is 23.7. The third kappa shape index (κ3) is 4.92. The predicted molar refractivity (Wildman–Crippen MR) is 129 cm³/mol. The van der Waals surface area contributed by atoms with E-state index in [-0.39, 0.29) is 22.4 Å². The van der Waals surface area contributed by atoms with E-state index < -0.39 is 5.82 Å². The van der Waals surface area contributed by atoms with Crippen LogP contribution in [0.2, 0.25) is 0 Å². The Morgan fingerprint density at radius 1 is 1.03 bits per heavy atom. The van der Waals surface area contributed by atoms with E-state index in [1.54, 1.807) is 25.4 Å². The highest BCUT2D eigenvalue weighted by Crippen LogP contribution is 2.35. The highest BCUT2D eigenvalue weighted by Gasteiger charge is 2.25. The fraction of sp³-hybridized carbons (Fsp3) is 0.423. The number of hydrogen-bond donors (Lipinski definition) is 1. The van der Waals surface area contributed by atoms with E-state index in [0.717, 1.165) is 18.7 Å². The van der Waals surface area contributed by atoms with Crippen LogP contribution >= 0.6 is 0 Å². The van der Waals surface area contributed by atoms with Crippen LogP contribution in [0, 0.1) is 17.7 Å². The van der Waals surface area contributed by atoms with Gasteiger partial charge in [-0.15, -0.1) is 10.2 Å². The van der Waals surface area contributed by atoms with Crippen LogP contribution in [0.5, 0.6) is 5.75 Å². The summed E-state index contributed by atoms with van der Waals surface area (Å²) in [6.45, 7) is 4.61. The first-order valence-electron chi connectivity index (χ1n) is 11.5. The lowest BCUT2D eigenvalue weighted by Gasteiger charge is -2.30. The van der Waals surface area contributed by atoms with Crippen LogP contribution < -0.4 is 10.5 Å². The Balaban J connectivity index is 1.59. The van der Waals surface area contributed by atoms with Gasteiger partial charge >= 0.3 is 0 Å². The first-order valence-corrected chi connectivity index (χ1v) is 11.5. The first-order chi connectivity index (χ1) is 15.7. The molecule has 0 unspecified atom stereocenters. The predicted octanol–water partition coefficient (Wildman–Crippen LogP) is 5.01. The van der Waals surface area contributed by atoms with Gasteiger partial charge in [-0.05, 0) is 60.6 Å². The molecule has 6 nitrogen and oxygen atoms in total. The van der Waals surface area contributed by atoms with Gasteiger partial charge in [0, 0.05) is 43.5 Å². The number of hydrogen-bond acceptors (Lipinski definition) is 5. The Bertz CT molecular complexity index is 1180. The lowest BCUT2D eigenvalue weighted by atomic mass is 9.98. The third-order valence-corrected chi connectivity index (χ3v) is 6.84. The summed E-state index contributed by atoms with van der Waals surface area (Å²) < 4.78 is 16.3. The smallest absolute Gasteiger partial charge is 0.250 e. The molecule has 0 saturated heterocycles. The van der Waals surface area contributed by atoms with Gasteiger partial charge in [0.15, 0.2) is 5.82 Å². The maximum absolute atomic E-state index is 14.9. The van der Waals surface area contributed by atoms with Gasteiger partial charge in [0.05, 0.1) is 5.69 Å². The normalized spacial score (nSPS) is 20.9. The van der Waals surface area contributed by atoms with E-state index in [9.17, 15) is 14.3 Å². The highest BCUT2D eigenvalue weighted by atomic mass is 19.1. The van der Waals surface area contributed by atoms with Crippen molar-refractivity contribution in [1.29, 1.82) is 0 Å². The van der Waals surface area contributed by atoms with Gasteiger partial charge in [-0.2, -0.15) is 0 Å². The van der Waals surface area contributed by atoms with Crippen LogP contribution in [0.25, 0.3) is 22.4 Å². The van der Waals surface area contributed by atoms with Crippen molar-refractivity contribution in [1.82, 2.24) is 14.8 Å². The molecule has 0 radical (unpaired) electrons. The third-order valence-electron chi connectivity index (χ3n) is 6.84. The SMILES string of the molecule is C[C@@H]1CC[C@H](C)C[C@@H](N(C)c2ccc(-c3cc(F)c(-c4ccn(C)c(=O)c4)cc3O)nn2)C1. The average Bonchev–Trinajstić information content (AvgIpc) is 2.97. The Morgan fingerprint density at radius 2 is 1.73 bits per heavy atom. The summed E-state index contributed by atoms with van der Waals surface area (Å²) in [5.74, 6) is 1.46. The number of aryl methyl sites for hydroxylation is 1. The molecule has 2 aromatic heterocycles. The van der Waals surface area contributed by atoms with Crippen molar-refractivity contribution in [2.45, 2.75) is 45.6 Å². The molecule has 1 fully saturated rings. The molecule has 3 atom stereocenters. The molecule has 1 aliphatic rings. The zero-order valence-corrected chi connectivity index (χ0v) is 19.6. The van der Waals surface area contributed by atoms with Crippen LogP contribution in [-0.4, -0.2) is 33.0 Å². The number of phenolic OH excluding ortho intramolecular Hbond substituents is 1. The maximum atomic E-state index is 14.9. The number of nitrogens with zero attached hydrogens (tertiary/aromatic N) is 4. The van der Waals surface area contributed by atoms with Crippen LogP contribution in [-0.2, 0) is 7.05 Å². The number of phenols is 1. The minimum atomic E-state index is -0.541. The molecular formula is C26H31FN4O2. The summed E-state index contributed by atoms with van der Waals surface area (Å²) in [7, 11) is 3.68. The van der Waals surface area contributed by atoms with Crippen LogP contribution in [0.4, 0.5) is 10.2 Å². The molecular weight excluding hydrogens is 419 g/mol. The summed E-state index contributed by atoms with van der Waals surface area (Å²) in [5, 5.41) is 19.3. The fourth-order valence-electron chi connectivity index (χ4n) is 4.69. The minimum Gasteiger partial charge on any atom is -0.507 e. The van der Waals surface area contributed by atoms with Crippen molar-refractivity contribution in [3.8, 4) is 28.1 Å². The lowest BCUT2D eigenvalue weighted by molar-refractivity contribution is 0.446. The summed E-state index contributed by atoms with van der Waals surface area (Å²) in [6, 6.07) is 9.58. The molecule has 7 heteroatoms. The molecule has 0 spiro atoms. The number of aromatic nitrogens is 3. The molecule has 2 heterocycles. The average molecular weight is 451 g/mol. The Hall–Kier alpha value is -3.22. The summed E-state index contributed by atoms with van der Waals surface area (Å²) >= 11 is 0. The van der Waals surface area contributed by atoms with Crippen molar-refractivity contribution in [2.75, 3.05) is 11.9 Å². The molecule has 0 aliphatic heterocycles. The van der Waals surface area contributed by atoms with Crippen molar-refractivity contribution < 1.29 is 9.50 Å². The number of benzene rings is 1. The zero-order valence-electron chi connectivity index (χ0n) is 19.6. The number of pyridine rings is 1. The van der Waals surface area contributed by atoms with Gasteiger partial charge in [-0.3, -0.25) is 4.79 Å². The quantitative estimate of drug-likeness (QED) is 0.566. The van der Waals surface area contributed by atoms with Gasteiger partial charge in [0.1, 0.15) is 11.6 Å². The Kier molecular flexibility index (Phi) is 6.49. The molecule has 1 aromatic carbocycles. The van der Waals surface area contributed by atoms with Gasteiger partial charge in [0.2, 0.25) is 0 Å². The van der Waals surface area contributed by atoms with E-state index >= 15 is 0 Å². The van der Waals surface area contributed by atoms with Crippen molar-refractivity contribution >= 4 is 5.82 Å². The van der Waals surface area contributed by atoms with Crippen LogP contribution in [0.3, 0.4) is 0 Å². The second kappa shape index (κ2) is 9.33. The van der Waals surface area contributed by atoms with Crippen LogP contribution in [0.1, 0.15) is 39.5 Å². The molecule has 1 N–H and O–H groups in total. The van der Waals surface area contributed by atoms with E-state index in [2.05, 4.69) is 36.0 Å². The van der Waals surface area contributed by atoms with Gasteiger partial charge in [-0.25, -0.2) is 4.39 Å². The number of rotatable bonds is 4. The molecule has 174 valence electrons. The standard InChI is InChI=1S/C26H31FN4O2/c1-16-5-6-17(2)12-19(11-16)31(4)25-8-7-23(28-29-25)21-14-22(27)20(15-24(21)32)18-9-10-30(3)26(33)13-18/h7-10,13-17,19,32H,5-6,11-12H2,1-4H3/t16-,17+,19+. The Labute approximate surface area is 193 Å². The van der Waals surface area contributed by atoms with Crippen molar-refractivity contribution in [3.05, 3.63) is 58.8 Å². The monoisotopic (exact) mass is 450 g/mol. The lowest BCUT2D eigenvalue weighted by Crippen LogP contribution is -2.34. The van der Waals surface area contributed by atoms with Crippen LogP contribution in [0.15, 0.2) is 47.4 Å². The van der Waals surface area contributed by atoms with E-state index in [0.29, 0.717) is 29.1 Å². The molecule has 0 bridgehead atoms. The molecule has 33 heavy (non-hydrogen) atoms. The summed E-state index contributed by atoms with van der Waals surface area (Å²) in [5.41, 5.74) is 0.973. The second-order valence-corrected chi connectivity index (χ2v) is 9.51. The van der Waals surface area contributed by atoms with E-state index in [1.165, 1.54) is 35.6 Å². The molecule has 1 saturated carbocycles. The molecule has 1 aliphatic carbocycles. The number of halogens is 1. The van der Waals surface area contributed by atoms with E-state index in [1.807, 2.05) is 6.07 Å². The van der Waals surface area contributed by atoms with E-state index in [4.69, 9.17) is 0 Å². The fourth-order valence-corrected chi connectivity index (χ4v) is 4.69. The maximum Gasteiger partial charge on any atom is 0.250 e. The largest absolute Gasteiger partial charge is 0.507 e. The summed E-state index contributed by atoms with van der Waals surface area (Å²) in [6.07, 6.45) is 6.34. The van der Waals surface area contributed by atoms with Gasteiger partial charge in [-0.1, -0.05) is 26.7 Å². The number of aromatic hydroxyl groups is 1. The molecule has 0 amide bonds. The number of anilines is 1. The second-order valence-electron chi connectivity index (χ2n) is 9.51. The first kappa shape index (κ1) is 23.0. The van der Waals surface area contributed by atoms with Gasteiger partial charge in [0.25, 0.3) is 5.56 Å². The van der Waals surface area contributed by atoms with Gasteiger partial charge < -0.3 is 14.6 Å². The molecule has 4 rings (SSSR count).